The van der Waals surface area contributed by atoms with Gasteiger partial charge in [0.15, 0.2) is 0 Å². The third-order valence-corrected chi connectivity index (χ3v) is 4.14. The second-order valence-corrected chi connectivity index (χ2v) is 5.95. The summed E-state index contributed by atoms with van der Waals surface area (Å²) in [5.74, 6) is -1.30. The Morgan fingerprint density at radius 3 is 2.68 bits per heavy atom. The van der Waals surface area contributed by atoms with Crippen LogP contribution in [0.3, 0.4) is 0 Å². The van der Waals surface area contributed by atoms with Gasteiger partial charge in [-0.1, -0.05) is 29.8 Å². The zero-order valence-electron chi connectivity index (χ0n) is 11.2. The van der Waals surface area contributed by atoms with Gasteiger partial charge in [-0.25, -0.2) is 0 Å². The van der Waals surface area contributed by atoms with Crippen LogP contribution < -0.4 is 5.32 Å². The van der Waals surface area contributed by atoms with Crippen LogP contribution in [0, 0.1) is 0 Å². The summed E-state index contributed by atoms with van der Waals surface area (Å²) in [7, 11) is 0. The van der Waals surface area contributed by atoms with E-state index in [9.17, 15) is 9.59 Å². The Kier molecular flexibility index (Phi) is 4.00. The number of nitrogens with one attached hydrogen (secondary N) is 2. The Morgan fingerprint density at radius 1 is 1.14 bits per heavy atom. The molecule has 1 aromatic heterocycles. The third-order valence-electron chi connectivity index (χ3n) is 3.22. The second kappa shape index (κ2) is 5.94. The van der Waals surface area contributed by atoms with Crippen molar-refractivity contribution in [2.75, 3.05) is 5.32 Å². The molecule has 0 fully saturated rings. The SMILES string of the molecule is O=C(Nc1ccccc1Br)C(=O)c1c[nH]c2cc(Cl)ccc12. The molecule has 1 amide bonds. The van der Waals surface area contributed by atoms with Gasteiger partial charge in [-0.15, -0.1) is 0 Å². The molecule has 0 bridgehead atoms. The molecule has 22 heavy (non-hydrogen) atoms. The zero-order valence-corrected chi connectivity index (χ0v) is 13.5. The maximum absolute atomic E-state index is 12.3. The van der Waals surface area contributed by atoms with Crippen LogP contribution in [-0.2, 0) is 4.79 Å². The van der Waals surface area contributed by atoms with E-state index in [1.807, 2.05) is 6.07 Å². The summed E-state index contributed by atoms with van der Waals surface area (Å²) in [5, 5.41) is 3.82. The van der Waals surface area contributed by atoms with Gasteiger partial charge in [0.1, 0.15) is 0 Å². The first-order chi connectivity index (χ1) is 10.6. The molecule has 2 aromatic carbocycles. The molecule has 0 saturated heterocycles. The number of rotatable bonds is 3. The Hall–Kier alpha value is -2.11. The Bertz CT molecular complexity index is 889. The molecule has 0 unspecified atom stereocenters. The molecule has 3 rings (SSSR count). The Labute approximate surface area is 139 Å². The summed E-state index contributed by atoms with van der Waals surface area (Å²) >= 11 is 9.23. The molecule has 0 aliphatic heterocycles. The molecule has 0 radical (unpaired) electrons. The van der Waals surface area contributed by atoms with E-state index in [4.69, 9.17) is 11.6 Å². The van der Waals surface area contributed by atoms with Crippen molar-refractivity contribution < 1.29 is 9.59 Å². The van der Waals surface area contributed by atoms with Gasteiger partial charge in [0, 0.05) is 26.6 Å². The number of fused-ring (bicyclic) bond motifs is 1. The topological polar surface area (TPSA) is 62.0 Å². The van der Waals surface area contributed by atoms with E-state index in [0.29, 0.717) is 31.6 Å². The number of halogens is 2. The van der Waals surface area contributed by atoms with E-state index >= 15 is 0 Å². The molecule has 0 spiro atoms. The summed E-state index contributed by atoms with van der Waals surface area (Å²) in [5.41, 5.74) is 1.57. The fourth-order valence-electron chi connectivity index (χ4n) is 2.15. The van der Waals surface area contributed by atoms with Crippen molar-refractivity contribution >= 4 is 55.8 Å². The maximum atomic E-state index is 12.3. The smallest absolute Gasteiger partial charge is 0.296 e. The number of hydrogen-bond donors (Lipinski definition) is 2. The first-order valence-corrected chi connectivity index (χ1v) is 7.60. The number of Topliss-reactive ketones (excluding diaryl/α,β-unsaturated/α-hetero) is 1. The van der Waals surface area contributed by atoms with Crippen LogP contribution >= 0.6 is 27.5 Å². The van der Waals surface area contributed by atoms with E-state index < -0.39 is 11.7 Å². The van der Waals surface area contributed by atoms with Crippen LogP contribution in [-0.4, -0.2) is 16.7 Å². The minimum absolute atomic E-state index is 0.316. The van der Waals surface area contributed by atoms with Gasteiger partial charge < -0.3 is 10.3 Å². The van der Waals surface area contributed by atoms with Gasteiger partial charge in [0.05, 0.1) is 11.3 Å². The Balaban J connectivity index is 1.89. The lowest BCUT2D eigenvalue weighted by atomic mass is 10.1. The molecule has 1 heterocycles. The van der Waals surface area contributed by atoms with Crippen molar-refractivity contribution in [1.29, 1.82) is 0 Å². The fraction of sp³-hybridized carbons (Fsp3) is 0. The number of hydrogen-bond acceptors (Lipinski definition) is 2. The lowest BCUT2D eigenvalue weighted by Crippen LogP contribution is -2.22. The van der Waals surface area contributed by atoms with Crippen molar-refractivity contribution in [2.45, 2.75) is 0 Å². The predicted octanol–water partition coefficient (Wildman–Crippen LogP) is 4.41. The highest BCUT2D eigenvalue weighted by Crippen LogP contribution is 2.24. The number of carbonyl (C=O) groups is 2. The first kappa shape index (κ1) is 14.8. The summed E-state index contributed by atoms with van der Waals surface area (Å²) < 4.78 is 0.710. The molecular formula is C16H10BrClN2O2. The lowest BCUT2D eigenvalue weighted by Gasteiger charge is -2.05. The average Bonchev–Trinajstić information content (AvgIpc) is 2.91. The molecule has 0 saturated carbocycles. The van der Waals surface area contributed by atoms with E-state index in [1.54, 1.807) is 36.4 Å². The molecule has 110 valence electrons. The van der Waals surface area contributed by atoms with Gasteiger partial charge in [-0.2, -0.15) is 0 Å². The number of ketones is 1. The van der Waals surface area contributed by atoms with Crippen LogP contribution in [0.15, 0.2) is 53.1 Å². The lowest BCUT2D eigenvalue weighted by molar-refractivity contribution is -0.112. The summed E-state index contributed by atoms with van der Waals surface area (Å²) in [6.45, 7) is 0. The second-order valence-electron chi connectivity index (χ2n) is 4.66. The molecule has 4 nitrogen and oxygen atoms in total. The first-order valence-electron chi connectivity index (χ1n) is 6.43. The van der Waals surface area contributed by atoms with Gasteiger partial charge >= 0.3 is 0 Å². The third kappa shape index (κ3) is 2.77. The van der Waals surface area contributed by atoms with Crippen molar-refractivity contribution in [3.8, 4) is 0 Å². The number of para-hydroxylation sites is 1. The van der Waals surface area contributed by atoms with Gasteiger partial charge in [0.25, 0.3) is 11.7 Å². The van der Waals surface area contributed by atoms with E-state index in [-0.39, 0.29) is 0 Å². The normalized spacial score (nSPS) is 10.6. The number of aromatic nitrogens is 1. The molecular weight excluding hydrogens is 368 g/mol. The molecule has 6 heteroatoms. The predicted molar refractivity (Wildman–Crippen MR) is 90.4 cm³/mol. The highest BCUT2D eigenvalue weighted by atomic mass is 79.9. The number of carbonyl (C=O) groups excluding carboxylic acids is 2. The van der Waals surface area contributed by atoms with Gasteiger partial charge in [-0.3, -0.25) is 9.59 Å². The zero-order chi connectivity index (χ0) is 15.7. The van der Waals surface area contributed by atoms with Crippen LogP contribution in [0.1, 0.15) is 10.4 Å². The minimum atomic E-state index is -0.692. The maximum Gasteiger partial charge on any atom is 0.296 e. The van der Waals surface area contributed by atoms with E-state index in [2.05, 4.69) is 26.2 Å². The summed E-state index contributed by atoms with van der Waals surface area (Å²) in [4.78, 5) is 27.4. The quantitative estimate of drug-likeness (QED) is 0.525. The average molecular weight is 378 g/mol. The van der Waals surface area contributed by atoms with Crippen LogP contribution in [0.2, 0.25) is 5.02 Å². The highest BCUT2D eigenvalue weighted by molar-refractivity contribution is 9.10. The van der Waals surface area contributed by atoms with Crippen molar-refractivity contribution in [3.05, 3.63) is 63.7 Å². The highest BCUT2D eigenvalue weighted by Gasteiger charge is 2.20. The molecule has 2 N–H and O–H groups in total. The largest absolute Gasteiger partial charge is 0.360 e. The van der Waals surface area contributed by atoms with Crippen molar-refractivity contribution in [1.82, 2.24) is 4.98 Å². The minimum Gasteiger partial charge on any atom is -0.360 e. The number of H-pyrrole nitrogens is 1. The molecule has 0 atom stereocenters. The standard InChI is InChI=1S/C16H10BrClN2O2/c17-12-3-1-2-4-13(12)20-16(22)15(21)11-8-19-14-7-9(18)5-6-10(11)14/h1-8,19H,(H,20,22). The molecule has 3 aromatic rings. The fourth-order valence-corrected chi connectivity index (χ4v) is 2.71. The molecule has 0 aliphatic rings. The molecule has 0 aliphatic carbocycles. The van der Waals surface area contributed by atoms with Crippen molar-refractivity contribution in [2.24, 2.45) is 0 Å². The number of anilines is 1. The number of aromatic amines is 1. The number of amides is 1. The van der Waals surface area contributed by atoms with Crippen LogP contribution in [0.4, 0.5) is 5.69 Å². The van der Waals surface area contributed by atoms with E-state index in [0.717, 1.165) is 0 Å². The van der Waals surface area contributed by atoms with Gasteiger partial charge in [-0.05, 0) is 40.2 Å². The number of benzene rings is 2. The van der Waals surface area contributed by atoms with Crippen LogP contribution in [0.5, 0.6) is 0 Å². The summed E-state index contributed by atoms with van der Waals surface area (Å²) in [6, 6.07) is 12.2. The summed E-state index contributed by atoms with van der Waals surface area (Å²) in [6.07, 6.45) is 1.52. The Morgan fingerprint density at radius 2 is 1.91 bits per heavy atom. The van der Waals surface area contributed by atoms with Crippen molar-refractivity contribution in [3.63, 3.8) is 0 Å². The van der Waals surface area contributed by atoms with Crippen LogP contribution in [0.25, 0.3) is 10.9 Å². The van der Waals surface area contributed by atoms with Gasteiger partial charge in [0.2, 0.25) is 0 Å². The van der Waals surface area contributed by atoms with E-state index in [1.165, 1.54) is 6.20 Å². The monoisotopic (exact) mass is 376 g/mol.